The lowest BCUT2D eigenvalue weighted by atomic mass is 10.1. The maximum absolute atomic E-state index is 12.8. The van der Waals surface area contributed by atoms with Crippen molar-refractivity contribution in [2.75, 3.05) is 18.5 Å². The van der Waals surface area contributed by atoms with Crippen molar-refractivity contribution in [3.05, 3.63) is 80.5 Å². The Bertz CT molecular complexity index is 1480. The van der Waals surface area contributed by atoms with Gasteiger partial charge in [0.15, 0.2) is 6.61 Å². The molecule has 1 amide bonds. The highest BCUT2D eigenvalue weighted by Gasteiger charge is 2.22. The van der Waals surface area contributed by atoms with E-state index < -0.39 is 11.9 Å². The lowest BCUT2D eigenvalue weighted by Crippen LogP contribution is -2.21. The van der Waals surface area contributed by atoms with Crippen LogP contribution in [-0.4, -0.2) is 25.1 Å². The number of rotatable bonds is 8. The van der Waals surface area contributed by atoms with Gasteiger partial charge in [-0.15, -0.1) is 11.3 Å². The van der Waals surface area contributed by atoms with Gasteiger partial charge in [-0.2, -0.15) is 0 Å². The number of benzene rings is 2. The second-order valence-corrected chi connectivity index (χ2v) is 9.27. The molecule has 8 nitrogen and oxygen atoms in total. The molecule has 2 aromatic carbocycles. The Balaban J connectivity index is 1.44. The minimum Gasteiger partial charge on any atom is -0.484 e. The standard InChI is InChI=1S/C27H25NO7S/c1-5-32-27(31)24-16(3)17(4)36-26(24)28-23(29)14-33-19-10-11-20-21(12-19)34-13-22(25(20)30)35-18-8-6-15(2)7-9-18/h6-13H,5,14H2,1-4H3,(H,28,29). The summed E-state index contributed by atoms with van der Waals surface area (Å²) in [5.41, 5.74) is 2.17. The molecule has 2 aromatic heterocycles. The van der Waals surface area contributed by atoms with Gasteiger partial charge in [-0.3, -0.25) is 9.59 Å². The van der Waals surface area contributed by atoms with Gasteiger partial charge in [0.1, 0.15) is 28.3 Å². The summed E-state index contributed by atoms with van der Waals surface area (Å²) in [5, 5.41) is 3.46. The van der Waals surface area contributed by atoms with E-state index in [4.69, 9.17) is 18.6 Å². The molecule has 0 bridgehead atoms. The number of nitrogens with one attached hydrogen (secondary N) is 1. The van der Waals surface area contributed by atoms with Gasteiger partial charge in [-0.05, 0) is 57.5 Å². The van der Waals surface area contributed by atoms with Crippen molar-refractivity contribution in [2.24, 2.45) is 0 Å². The minimum absolute atomic E-state index is 0.0679. The van der Waals surface area contributed by atoms with Crippen molar-refractivity contribution in [2.45, 2.75) is 27.7 Å². The van der Waals surface area contributed by atoms with Gasteiger partial charge in [0, 0.05) is 10.9 Å². The Hall–Kier alpha value is -4.11. The molecular formula is C27H25NO7S. The molecule has 0 radical (unpaired) electrons. The van der Waals surface area contributed by atoms with Crippen LogP contribution in [0.3, 0.4) is 0 Å². The van der Waals surface area contributed by atoms with E-state index in [1.807, 2.05) is 32.9 Å². The number of carbonyl (C=O) groups excluding carboxylic acids is 2. The first-order valence-corrected chi connectivity index (χ1v) is 12.1. The average Bonchev–Trinajstić information content (AvgIpc) is 3.13. The molecular weight excluding hydrogens is 482 g/mol. The van der Waals surface area contributed by atoms with Crippen LogP contribution < -0.4 is 20.2 Å². The number of hydrogen-bond acceptors (Lipinski definition) is 8. The Morgan fingerprint density at radius 3 is 2.47 bits per heavy atom. The number of anilines is 1. The van der Waals surface area contributed by atoms with Gasteiger partial charge < -0.3 is 23.9 Å². The van der Waals surface area contributed by atoms with Crippen LogP contribution in [-0.2, 0) is 9.53 Å². The van der Waals surface area contributed by atoms with Crippen molar-refractivity contribution in [1.82, 2.24) is 0 Å². The second kappa shape index (κ2) is 10.7. The zero-order valence-corrected chi connectivity index (χ0v) is 21.1. The molecule has 0 saturated carbocycles. The van der Waals surface area contributed by atoms with Crippen LogP contribution in [0.5, 0.6) is 17.2 Å². The van der Waals surface area contributed by atoms with E-state index in [0.29, 0.717) is 33.0 Å². The number of aryl methyl sites for hydroxylation is 2. The molecule has 36 heavy (non-hydrogen) atoms. The molecule has 0 aliphatic carbocycles. The smallest absolute Gasteiger partial charge is 0.341 e. The predicted molar refractivity (Wildman–Crippen MR) is 138 cm³/mol. The van der Waals surface area contributed by atoms with Crippen LogP contribution in [0.1, 0.15) is 33.3 Å². The third-order valence-corrected chi connectivity index (χ3v) is 6.57. The number of amides is 1. The molecule has 0 atom stereocenters. The molecule has 4 aromatic rings. The summed E-state index contributed by atoms with van der Waals surface area (Å²) in [6, 6.07) is 12.0. The van der Waals surface area contributed by atoms with Gasteiger partial charge >= 0.3 is 5.97 Å². The third kappa shape index (κ3) is 5.41. The van der Waals surface area contributed by atoms with E-state index in [1.54, 1.807) is 31.2 Å². The Morgan fingerprint density at radius 1 is 1.03 bits per heavy atom. The molecule has 186 valence electrons. The Kier molecular flexibility index (Phi) is 7.40. The number of carbonyl (C=O) groups is 2. The molecule has 0 spiro atoms. The molecule has 0 unspecified atom stereocenters. The molecule has 0 saturated heterocycles. The number of hydrogen-bond donors (Lipinski definition) is 1. The predicted octanol–water partition coefficient (Wildman–Crippen LogP) is 5.77. The van der Waals surface area contributed by atoms with Gasteiger partial charge in [-0.1, -0.05) is 17.7 Å². The summed E-state index contributed by atoms with van der Waals surface area (Å²) in [5.74, 6) is 0.0204. The summed E-state index contributed by atoms with van der Waals surface area (Å²) < 4.78 is 22.0. The van der Waals surface area contributed by atoms with Crippen molar-refractivity contribution in [3.63, 3.8) is 0 Å². The van der Waals surface area contributed by atoms with E-state index in [1.165, 1.54) is 23.7 Å². The fourth-order valence-electron chi connectivity index (χ4n) is 3.46. The lowest BCUT2D eigenvalue weighted by Gasteiger charge is -2.09. The lowest BCUT2D eigenvalue weighted by molar-refractivity contribution is -0.118. The molecule has 1 N–H and O–H groups in total. The minimum atomic E-state index is -0.481. The van der Waals surface area contributed by atoms with Gasteiger partial charge in [0.2, 0.25) is 11.2 Å². The summed E-state index contributed by atoms with van der Waals surface area (Å²) in [6.07, 6.45) is 1.25. The normalized spacial score (nSPS) is 10.8. The third-order valence-electron chi connectivity index (χ3n) is 5.45. The largest absolute Gasteiger partial charge is 0.484 e. The van der Waals surface area contributed by atoms with Crippen LogP contribution in [0, 0.1) is 20.8 Å². The average molecular weight is 508 g/mol. The van der Waals surface area contributed by atoms with E-state index in [2.05, 4.69) is 5.32 Å². The van der Waals surface area contributed by atoms with Gasteiger partial charge in [0.05, 0.1) is 17.6 Å². The zero-order chi connectivity index (χ0) is 25.8. The topological polar surface area (TPSA) is 104 Å². The highest BCUT2D eigenvalue weighted by Crippen LogP contribution is 2.33. The summed E-state index contributed by atoms with van der Waals surface area (Å²) in [4.78, 5) is 38.6. The molecule has 9 heteroatoms. The fraction of sp³-hybridized carbons (Fsp3) is 0.222. The number of fused-ring (bicyclic) bond motifs is 1. The summed E-state index contributed by atoms with van der Waals surface area (Å²) >= 11 is 1.30. The second-order valence-electron chi connectivity index (χ2n) is 8.05. The van der Waals surface area contributed by atoms with Crippen LogP contribution in [0.15, 0.2) is 57.9 Å². The van der Waals surface area contributed by atoms with Crippen LogP contribution >= 0.6 is 11.3 Å². The van der Waals surface area contributed by atoms with E-state index >= 15 is 0 Å². The molecule has 4 rings (SSSR count). The van der Waals surface area contributed by atoms with Crippen LogP contribution in [0.2, 0.25) is 0 Å². The number of esters is 1. The summed E-state index contributed by atoms with van der Waals surface area (Å²) in [7, 11) is 0. The summed E-state index contributed by atoms with van der Waals surface area (Å²) in [6.45, 7) is 7.30. The first-order valence-electron chi connectivity index (χ1n) is 11.3. The van der Waals surface area contributed by atoms with Crippen LogP contribution in [0.4, 0.5) is 5.00 Å². The maximum atomic E-state index is 12.8. The molecule has 0 fully saturated rings. The highest BCUT2D eigenvalue weighted by atomic mass is 32.1. The van der Waals surface area contributed by atoms with Gasteiger partial charge in [0.25, 0.3) is 5.91 Å². The van der Waals surface area contributed by atoms with Gasteiger partial charge in [-0.25, -0.2) is 4.79 Å². The first kappa shape index (κ1) is 25.0. The van der Waals surface area contributed by atoms with Crippen molar-refractivity contribution < 1.29 is 28.2 Å². The Morgan fingerprint density at radius 2 is 1.75 bits per heavy atom. The number of thiophene rings is 1. The SMILES string of the molecule is CCOC(=O)c1c(NC(=O)COc2ccc3c(=O)c(Oc4ccc(C)cc4)coc3c2)sc(C)c1C. The monoisotopic (exact) mass is 507 g/mol. The fourth-order valence-corrected chi connectivity index (χ4v) is 4.52. The van der Waals surface area contributed by atoms with E-state index in [9.17, 15) is 14.4 Å². The highest BCUT2D eigenvalue weighted by molar-refractivity contribution is 7.16. The van der Waals surface area contributed by atoms with Crippen molar-refractivity contribution >= 4 is 39.2 Å². The molecule has 0 aliphatic rings. The zero-order valence-electron chi connectivity index (χ0n) is 20.3. The molecule has 2 heterocycles. The first-order chi connectivity index (χ1) is 17.3. The quantitative estimate of drug-likeness (QED) is 0.302. The Labute approximate surface area is 211 Å². The van der Waals surface area contributed by atoms with Crippen molar-refractivity contribution in [3.8, 4) is 17.2 Å². The van der Waals surface area contributed by atoms with E-state index in [0.717, 1.165) is 16.0 Å². The number of ether oxygens (including phenoxy) is 3. The van der Waals surface area contributed by atoms with Crippen molar-refractivity contribution in [1.29, 1.82) is 0 Å². The van der Waals surface area contributed by atoms with E-state index in [-0.39, 0.29) is 24.4 Å². The molecule has 0 aliphatic heterocycles. The maximum Gasteiger partial charge on any atom is 0.341 e. The van der Waals surface area contributed by atoms with Crippen LogP contribution in [0.25, 0.3) is 11.0 Å².